The zero-order valence-electron chi connectivity index (χ0n) is 10.4. The SMILES string of the molecule is Nc1ccc2[nH]c(-c3cc(C(F)(F)F)ccc3Br)nc2n1. The lowest BCUT2D eigenvalue weighted by Crippen LogP contribution is -2.05. The van der Waals surface area contributed by atoms with Crippen molar-refractivity contribution in [3.05, 3.63) is 40.4 Å². The van der Waals surface area contributed by atoms with Crippen molar-refractivity contribution in [2.45, 2.75) is 6.18 Å². The Morgan fingerprint density at radius 2 is 1.86 bits per heavy atom. The number of rotatable bonds is 1. The van der Waals surface area contributed by atoms with Crippen molar-refractivity contribution < 1.29 is 13.2 Å². The standard InChI is InChI=1S/C13H8BrF3N4/c14-8-2-1-6(13(15,16)17)5-7(8)11-19-9-3-4-10(18)20-12(9)21-11/h1-5H,(H3,18,19,20,21). The number of aromatic amines is 1. The summed E-state index contributed by atoms with van der Waals surface area (Å²) in [5.41, 5.74) is 6.08. The zero-order valence-corrected chi connectivity index (χ0v) is 12.0. The number of benzene rings is 1. The summed E-state index contributed by atoms with van der Waals surface area (Å²) in [5.74, 6) is 0.588. The second kappa shape index (κ2) is 4.73. The Morgan fingerprint density at radius 1 is 1.10 bits per heavy atom. The molecular formula is C13H8BrF3N4. The molecule has 0 aliphatic heterocycles. The Balaban J connectivity index is 2.17. The summed E-state index contributed by atoms with van der Waals surface area (Å²) in [6.45, 7) is 0. The minimum absolute atomic E-state index is 0.293. The number of anilines is 1. The third-order valence-electron chi connectivity index (χ3n) is 2.92. The molecule has 2 aromatic heterocycles. The van der Waals surface area contributed by atoms with Gasteiger partial charge in [-0.05, 0) is 30.3 Å². The fourth-order valence-electron chi connectivity index (χ4n) is 1.92. The summed E-state index contributed by atoms with van der Waals surface area (Å²) >= 11 is 3.23. The Hall–Kier alpha value is -2.09. The predicted molar refractivity (Wildman–Crippen MR) is 76.4 cm³/mol. The molecule has 0 aliphatic rings. The lowest BCUT2D eigenvalue weighted by molar-refractivity contribution is -0.137. The van der Waals surface area contributed by atoms with Gasteiger partial charge in [0.05, 0.1) is 11.1 Å². The molecule has 108 valence electrons. The van der Waals surface area contributed by atoms with Gasteiger partial charge in [-0.3, -0.25) is 0 Å². The first-order chi connectivity index (χ1) is 9.84. The van der Waals surface area contributed by atoms with Gasteiger partial charge in [0.2, 0.25) is 0 Å². The highest BCUT2D eigenvalue weighted by Crippen LogP contribution is 2.35. The van der Waals surface area contributed by atoms with Crippen LogP contribution in [0.2, 0.25) is 0 Å². The van der Waals surface area contributed by atoms with E-state index in [1.165, 1.54) is 6.07 Å². The quantitative estimate of drug-likeness (QED) is 0.692. The third kappa shape index (κ3) is 2.58. The Morgan fingerprint density at radius 3 is 2.57 bits per heavy atom. The van der Waals surface area contributed by atoms with Gasteiger partial charge in [-0.2, -0.15) is 13.2 Å². The van der Waals surface area contributed by atoms with E-state index in [9.17, 15) is 13.2 Å². The molecule has 21 heavy (non-hydrogen) atoms. The van der Waals surface area contributed by atoms with E-state index in [0.717, 1.165) is 12.1 Å². The average molecular weight is 357 g/mol. The van der Waals surface area contributed by atoms with Crippen LogP contribution in [-0.2, 0) is 6.18 Å². The minimum atomic E-state index is -4.41. The Bertz CT molecular complexity index is 826. The summed E-state index contributed by atoms with van der Waals surface area (Å²) in [4.78, 5) is 11.1. The van der Waals surface area contributed by atoms with Crippen molar-refractivity contribution in [1.82, 2.24) is 15.0 Å². The van der Waals surface area contributed by atoms with Crippen LogP contribution in [0.3, 0.4) is 0 Å². The first-order valence-corrected chi connectivity index (χ1v) is 6.63. The van der Waals surface area contributed by atoms with Gasteiger partial charge >= 0.3 is 6.18 Å². The van der Waals surface area contributed by atoms with E-state index >= 15 is 0 Å². The van der Waals surface area contributed by atoms with Crippen molar-refractivity contribution in [3.8, 4) is 11.4 Å². The highest BCUT2D eigenvalue weighted by atomic mass is 79.9. The maximum absolute atomic E-state index is 12.8. The zero-order chi connectivity index (χ0) is 15.2. The van der Waals surface area contributed by atoms with Crippen molar-refractivity contribution in [1.29, 1.82) is 0 Å². The fraction of sp³-hybridized carbons (Fsp3) is 0.0769. The number of nitrogen functional groups attached to an aromatic ring is 1. The van der Waals surface area contributed by atoms with E-state index in [1.807, 2.05) is 0 Å². The van der Waals surface area contributed by atoms with Crippen LogP contribution in [0.5, 0.6) is 0 Å². The van der Waals surface area contributed by atoms with E-state index in [-0.39, 0.29) is 0 Å². The largest absolute Gasteiger partial charge is 0.416 e. The van der Waals surface area contributed by atoms with E-state index in [2.05, 4.69) is 30.9 Å². The number of H-pyrrole nitrogens is 1. The van der Waals surface area contributed by atoms with Crippen LogP contribution in [-0.4, -0.2) is 15.0 Å². The summed E-state index contributed by atoms with van der Waals surface area (Å²) in [6, 6.07) is 6.64. The Labute approximate surface area is 125 Å². The molecule has 2 heterocycles. The van der Waals surface area contributed by atoms with Crippen LogP contribution in [0.4, 0.5) is 19.0 Å². The molecule has 3 aromatic rings. The van der Waals surface area contributed by atoms with Crippen LogP contribution >= 0.6 is 15.9 Å². The summed E-state index contributed by atoms with van der Waals surface area (Å²) in [6.07, 6.45) is -4.41. The maximum atomic E-state index is 12.8. The van der Waals surface area contributed by atoms with Crippen molar-refractivity contribution in [2.75, 3.05) is 5.73 Å². The molecule has 0 unspecified atom stereocenters. The summed E-state index contributed by atoms with van der Waals surface area (Å²) < 4.78 is 38.9. The lowest BCUT2D eigenvalue weighted by Gasteiger charge is -2.09. The van der Waals surface area contributed by atoms with Crippen molar-refractivity contribution in [2.24, 2.45) is 0 Å². The van der Waals surface area contributed by atoms with Crippen molar-refractivity contribution in [3.63, 3.8) is 0 Å². The minimum Gasteiger partial charge on any atom is -0.384 e. The number of imidazole rings is 1. The van der Waals surface area contributed by atoms with Gasteiger partial charge in [-0.1, -0.05) is 15.9 Å². The van der Waals surface area contributed by atoms with Crippen LogP contribution in [0.25, 0.3) is 22.6 Å². The monoisotopic (exact) mass is 356 g/mol. The maximum Gasteiger partial charge on any atom is 0.416 e. The predicted octanol–water partition coefficient (Wildman–Crippen LogP) is 3.99. The molecule has 0 spiro atoms. The summed E-state index contributed by atoms with van der Waals surface area (Å²) in [5, 5.41) is 0. The molecule has 0 atom stereocenters. The van der Waals surface area contributed by atoms with Crippen LogP contribution in [0.15, 0.2) is 34.8 Å². The van der Waals surface area contributed by atoms with Gasteiger partial charge in [-0.15, -0.1) is 0 Å². The number of aromatic nitrogens is 3. The van der Waals surface area contributed by atoms with Crippen LogP contribution < -0.4 is 5.73 Å². The van der Waals surface area contributed by atoms with Crippen LogP contribution in [0.1, 0.15) is 5.56 Å². The molecule has 0 saturated carbocycles. The first-order valence-electron chi connectivity index (χ1n) is 5.84. The van der Waals surface area contributed by atoms with E-state index in [0.29, 0.717) is 32.8 Å². The number of nitrogens with two attached hydrogens (primary N) is 1. The molecule has 3 rings (SSSR count). The number of halogens is 4. The molecule has 0 saturated heterocycles. The number of nitrogens with zero attached hydrogens (tertiary/aromatic N) is 2. The number of hydrogen-bond acceptors (Lipinski definition) is 3. The van der Waals surface area contributed by atoms with Gasteiger partial charge in [0.15, 0.2) is 5.65 Å². The van der Waals surface area contributed by atoms with Crippen molar-refractivity contribution >= 4 is 32.9 Å². The molecule has 1 aromatic carbocycles. The van der Waals surface area contributed by atoms with Gasteiger partial charge in [0.1, 0.15) is 11.6 Å². The number of fused-ring (bicyclic) bond motifs is 1. The van der Waals surface area contributed by atoms with E-state index < -0.39 is 11.7 Å². The van der Waals surface area contributed by atoms with E-state index in [1.54, 1.807) is 12.1 Å². The number of hydrogen-bond donors (Lipinski definition) is 2. The molecule has 4 nitrogen and oxygen atoms in total. The number of alkyl halides is 3. The molecule has 0 bridgehead atoms. The van der Waals surface area contributed by atoms with Gasteiger partial charge in [-0.25, -0.2) is 9.97 Å². The normalized spacial score (nSPS) is 12.0. The average Bonchev–Trinajstić information content (AvgIpc) is 2.80. The summed E-state index contributed by atoms with van der Waals surface area (Å²) in [7, 11) is 0. The van der Waals surface area contributed by atoms with Gasteiger partial charge in [0.25, 0.3) is 0 Å². The third-order valence-corrected chi connectivity index (χ3v) is 3.61. The molecule has 0 amide bonds. The molecular weight excluding hydrogens is 349 g/mol. The molecule has 0 fully saturated rings. The van der Waals surface area contributed by atoms with Gasteiger partial charge in [0, 0.05) is 10.0 Å². The first kappa shape index (κ1) is 13.9. The molecule has 8 heteroatoms. The molecule has 0 aliphatic carbocycles. The molecule has 0 radical (unpaired) electrons. The number of nitrogens with one attached hydrogen (secondary N) is 1. The lowest BCUT2D eigenvalue weighted by atomic mass is 10.1. The smallest absolute Gasteiger partial charge is 0.384 e. The second-order valence-corrected chi connectivity index (χ2v) is 5.24. The Kier molecular flexibility index (Phi) is 3.12. The van der Waals surface area contributed by atoms with Gasteiger partial charge < -0.3 is 10.7 Å². The second-order valence-electron chi connectivity index (χ2n) is 4.39. The fourth-order valence-corrected chi connectivity index (χ4v) is 2.35. The van der Waals surface area contributed by atoms with E-state index in [4.69, 9.17) is 5.73 Å². The highest BCUT2D eigenvalue weighted by Gasteiger charge is 2.31. The highest BCUT2D eigenvalue weighted by molar-refractivity contribution is 9.10. The molecule has 3 N–H and O–H groups in total. The number of pyridine rings is 1. The van der Waals surface area contributed by atoms with Crippen LogP contribution in [0, 0.1) is 0 Å². The topological polar surface area (TPSA) is 67.6 Å².